The molecule has 7 nitrogen and oxygen atoms in total. The summed E-state index contributed by atoms with van der Waals surface area (Å²) in [5, 5.41) is 0. The summed E-state index contributed by atoms with van der Waals surface area (Å²) >= 11 is 0. The average molecular weight is 705 g/mol. The quantitative estimate of drug-likeness (QED) is 0.138. The topological polar surface area (TPSA) is 64.6 Å². The van der Waals surface area contributed by atoms with Crippen molar-refractivity contribution in [1.29, 1.82) is 0 Å². The van der Waals surface area contributed by atoms with Crippen LogP contribution in [0.25, 0.3) is 0 Å². The molecule has 7 heteroatoms. The van der Waals surface area contributed by atoms with E-state index in [4.69, 9.17) is 33.2 Å². The first-order valence-electron chi connectivity index (χ1n) is 18.9. The molecule has 1 saturated heterocycles. The Balaban J connectivity index is 1.19. The molecule has 9 atom stereocenters. The second-order valence-electron chi connectivity index (χ2n) is 15.8. The van der Waals surface area contributed by atoms with Crippen molar-refractivity contribution in [2.45, 2.75) is 109 Å². The maximum absolute atomic E-state index is 7.41. The van der Waals surface area contributed by atoms with E-state index >= 15 is 0 Å². The summed E-state index contributed by atoms with van der Waals surface area (Å²) in [4.78, 5) is 0. The molecule has 1 heterocycles. The van der Waals surface area contributed by atoms with Crippen LogP contribution in [-0.2, 0) is 54.8 Å². The Hall–Kier alpha value is -3.56. The van der Waals surface area contributed by atoms with Crippen LogP contribution in [0.15, 0.2) is 115 Å². The molecule has 8 rings (SSSR count). The highest BCUT2D eigenvalue weighted by atomic mass is 16.8. The fraction of sp³-hybridized carbons (Fsp3) is 0.467. The molecule has 1 unspecified atom stereocenters. The molecule has 0 N–H and O–H groups in total. The van der Waals surface area contributed by atoms with Crippen molar-refractivity contribution in [3.63, 3.8) is 0 Å². The predicted molar refractivity (Wildman–Crippen MR) is 198 cm³/mol. The zero-order chi connectivity index (χ0) is 35.8. The zero-order valence-corrected chi connectivity index (χ0v) is 30.8. The van der Waals surface area contributed by atoms with Crippen molar-refractivity contribution in [2.75, 3.05) is 7.11 Å². The zero-order valence-electron chi connectivity index (χ0n) is 30.8. The summed E-state index contributed by atoms with van der Waals surface area (Å²) in [6.07, 6.45) is 0.186. The molecule has 4 aromatic carbocycles. The Morgan fingerprint density at radius 3 is 1.31 bits per heavy atom. The first-order valence-corrected chi connectivity index (χ1v) is 18.9. The number of rotatable bonds is 13. The first-order chi connectivity index (χ1) is 25.3. The van der Waals surface area contributed by atoms with Crippen LogP contribution in [0.3, 0.4) is 0 Å². The lowest BCUT2D eigenvalue weighted by atomic mass is 9.68. The molecule has 274 valence electrons. The lowest BCUT2D eigenvalue weighted by molar-refractivity contribution is -0.259. The first kappa shape index (κ1) is 35.5. The van der Waals surface area contributed by atoms with Gasteiger partial charge in [0.2, 0.25) is 0 Å². The van der Waals surface area contributed by atoms with Crippen molar-refractivity contribution >= 4 is 0 Å². The molecule has 1 aliphatic heterocycles. The van der Waals surface area contributed by atoms with Gasteiger partial charge in [0.25, 0.3) is 0 Å². The number of fused-ring (bicyclic) bond motifs is 4. The lowest BCUT2D eigenvalue weighted by Crippen LogP contribution is -2.65. The predicted octanol–water partition coefficient (Wildman–Crippen LogP) is 8.68. The summed E-state index contributed by atoms with van der Waals surface area (Å²) in [6.45, 7) is 8.72. The maximum atomic E-state index is 7.41. The summed E-state index contributed by atoms with van der Waals surface area (Å²) in [5.41, 5.74) is 4.16. The minimum atomic E-state index is -0.758. The number of hydrogen-bond acceptors (Lipinski definition) is 7. The summed E-state index contributed by atoms with van der Waals surface area (Å²) in [6, 6.07) is 38.9. The monoisotopic (exact) mass is 704 g/mol. The molecule has 3 saturated carbocycles. The average Bonchev–Trinajstić information content (AvgIpc) is 3.72. The van der Waals surface area contributed by atoms with E-state index in [0.29, 0.717) is 32.3 Å². The highest BCUT2D eigenvalue weighted by Crippen LogP contribution is 2.73. The van der Waals surface area contributed by atoms with E-state index in [1.165, 1.54) is 6.42 Å². The van der Waals surface area contributed by atoms with Crippen LogP contribution in [0.1, 0.15) is 62.3 Å². The van der Waals surface area contributed by atoms with Gasteiger partial charge in [-0.1, -0.05) is 124 Å². The number of hydrogen-bond donors (Lipinski definition) is 0. The smallest absolute Gasteiger partial charge is 0.175 e. The van der Waals surface area contributed by atoms with Gasteiger partial charge >= 0.3 is 0 Å². The minimum absolute atomic E-state index is 0.0642. The van der Waals surface area contributed by atoms with Gasteiger partial charge in [0.05, 0.1) is 33.5 Å². The third-order valence-corrected chi connectivity index (χ3v) is 12.8. The maximum Gasteiger partial charge on any atom is 0.175 e. The molecule has 4 aromatic rings. The highest BCUT2D eigenvalue weighted by Gasteiger charge is 2.76. The van der Waals surface area contributed by atoms with Gasteiger partial charge in [0.1, 0.15) is 42.4 Å². The fourth-order valence-electron chi connectivity index (χ4n) is 9.37. The van der Waals surface area contributed by atoms with Gasteiger partial charge in [0.15, 0.2) is 5.79 Å². The Bertz CT molecular complexity index is 1750. The standard InChI is InChI=1S/C45H52O7/c1-43(2)35-24-25-44(43,3)45(26-35)51-41-39(49-28-32-16-10-6-11-17-32)37(47-27-31-14-8-5-9-15-31)38(48-30-34-20-22-36(46-4)23-21-34)40(42(41)52-45)50-29-33-18-12-7-13-19-33/h5-23,35,37-42H,24-30H2,1-4H3/t35-,37-,38-,39+,40-,41-,42-,44-,45?/m0/s1. The molecule has 52 heavy (non-hydrogen) atoms. The van der Waals surface area contributed by atoms with E-state index in [2.05, 4.69) is 57.2 Å². The van der Waals surface area contributed by atoms with Crippen molar-refractivity contribution in [1.82, 2.24) is 0 Å². The van der Waals surface area contributed by atoms with Gasteiger partial charge in [-0.25, -0.2) is 0 Å². The normalized spacial score (nSPS) is 33.0. The van der Waals surface area contributed by atoms with Crippen LogP contribution in [0.2, 0.25) is 0 Å². The molecule has 4 fully saturated rings. The summed E-state index contributed by atoms with van der Waals surface area (Å²) < 4.78 is 48.2. The molecular formula is C45H52O7. The molecule has 3 aliphatic carbocycles. The molecule has 2 bridgehead atoms. The van der Waals surface area contributed by atoms with Gasteiger partial charge in [-0.15, -0.1) is 0 Å². The van der Waals surface area contributed by atoms with Crippen molar-refractivity contribution in [3.8, 4) is 5.75 Å². The summed E-state index contributed by atoms with van der Waals surface area (Å²) in [5.74, 6) is 0.555. The van der Waals surface area contributed by atoms with Crippen LogP contribution < -0.4 is 4.74 Å². The Labute approximate surface area is 308 Å². The molecule has 0 radical (unpaired) electrons. The SMILES string of the molecule is COc1ccc(CO[C@H]2[C@H](OCc3ccccc3)[C@@H](OCc3ccccc3)[C@@H]3OC4(C[C@@H]5CC[C@@]4(C)C5(C)C)O[C@H]3[C@H]2OCc2ccccc2)cc1. The second-order valence-corrected chi connectivity index (χ2v) is 15.8. The molecule has 0 amide bonds. The highest BCUT2D eigenvalue weighted by molar-refractivity contribution is 5.27. The Morgan fingerprint density at radius 1 is 0.538 bits per heavy atom. The van der Waals surface area contributed by atoms with Crippen LogP contribution in [0.5, 0.6) is 5.75 Å². The van der Waals surface area contributed by atoms with Crippen LogP contribution in [-0.4, -0.2) is 49.5 Å². The molecular weight excluding hydrogens is 652 g/mol. The largest absolute Gasteiger partial charge is 0.497 e. The number of ether oxygens (including phenoxy) is 7. The van der Waals surface area contributed by atoms with Crippen molar-refractivity contribution in [3.05, 3.63) is 138 Å². The van der Waals surface area contributed by atoms with Gasteiger partial charge in [-0.3, -0.25) is 0 Å². The van der Waals surface area contributed by atoms with E-state index in [9.17, 15) is 0 Å². The van der Waals surface area contributed by atoms with E-state index in [1.807, 2.05) is 78.9 Å². The van der Waals surface area contributed by atoms with Gasteiger partial charge in [-0.2, -0.15) is 0 Å². The van der Waals surface area contributed by atoms with E-state index in [0.717, 1.165) is 40.8 Å². The van der Waals surface area contributed by atoms with Crippen molar-refractivity contribution < 1.29 is 33.2 Å². The van der Waals surface area contributed by atoms with Crippen molar-refractivity contribution in [2.24, 2.45) is 16.7 Å². The van der Waals surface area contributed by atoms with E-state index < -0.39 is 42.4 Å². The minimum Gasteiger partial charge on any atom is -0.497 e. The van der Waals surface area contributed by atoms with Gasteiger partial charge in [0, 0.05) is 11.8 Å². The lowest BCUT2D eigenvalue weighted by Gasteiger charge is -2.46. The fourth-order valence-corrected chi connectivity index (χ4v) is 9.37. The summed E-state index contributed by atoms with van der Waals surface area (Å²) in [7, 11) is 1.68. The number of methoxy groups -OCH3 is 1. The van der Waals surface area contributed by atoms with Crippen LogP contribution in [0, 0.1) is 16.7 Å². The Morgan fingerprint density at radius 2 is 0.942 bits per heavy atom. The molecule has 4 aliphatic rings. The third kappa shape index (κ3) is 6.50. The van der Waals surface area contributed by atoms with Crippen LogP contribution >= 0.6 is 0 Å². The molecule has 0 aromatic heterocycles. The third-order valence-electron chi connectivity index (χ3n) is 12.8. The molecule has 1 spiro atoms. The number of benzene rings is 4. The van der Waals surface area contributed by atoms with Gasteiger partial charge in [-0.05, 0) is 58.6 Å². The van der Waals surface area contributed by atoms with Crippen LogP contribution in [0.4, 0.5) is 0 Å². The van der Waals surface area contributed by atoms with E-state index in [1.54, 1.807) is 7.11 Å². The second kappa shape index (κ2) is 14.7. The van der Waals surface area contributed by atoms with Gasteiger partial charge < -0.3 is 33.2 Å². The van der Waals surface area contributed by atoms with E-state index in [-0.39, 0.29) is 10.8 Å². The Kier molecular flexibility index (Phi) is 10.0.